The van der Waals surface area contributed by atoms with E-state index < -0.39 is 0 Å². The molecule has 112 valence electrons. The van der Waals surface area contributed by atoms with Gasteiger partial charge in [-0.3, -0.25) is 9.69 Å². The first-order chi connectivity index (χ1) is 9.61. The van der Waals surface area contributed by atoms with Crippen molar-refractivity contribution in [1.29, 1.82) is 0 Å². The lowest BCUT2D eigenvalue weighted by atomic mass is 10.3. The molecule has 20 heavy (non-hydrogen) atoms. The van der Waals surface area contributed by atoms with E-state index in [1.165, 1.54) is 11.3 Å². The van der Waals surface area contributed by atoms with Crippen molar-refractivity contribution >= 4 is 33.2 Å². The van der Waals surface area contributed by atoms with Crippen molar-refractivity contribution < 1.29 is 9.53 Å². The summed E-state index contributed by atoms with van der Waals surface area (Å²) in [6.07, 6.45) is 1.03. The maximum atomic E-state index is 12.5. The Labute approximate surface area is 132 Å². The Bertz CT molecular complexity index is 445. The summed E-state index contributed by atoms with van der Waals surface area (Å²) in [5.74, 6) is 0.164. The van der Waals surface area contributed by atoms with Gasteiger partial charge in [-0.2, -0.15) is 0 Å². The van der Waals surface area contributed by atoms with Crippen LogP contribution in [0, 0.1) is 6.92 Å². The molecule has 1 aromatic rings. The van der Waals surface area contributed by atoms with Crippen LogP contribution >= 0.6 is 27.3 Å². The van der Waals surface area contributed by atoms with Crippen LogP contribution in [0.4, 0.5) is 0 Å². The first-order valence-corrected chi connectivity index (χ1v) is 8.49. The Hall–Kier alpha value is -0.430. The molecule has 0 aromatic carbocycles. The quantitative estimate of drug-likeness (QED) is 0.827. The molecule has 1 amide bonds. The Kier molecular flexibility index (Phi) is 6.01. The molecule has 1 fully saturated rings. The van der Waals surface area contributed by atoms with Gasteiger partial charge in [0.05, 0.1) is 15.3 Å². The number of thiophene rings is 1. The van der Waals surface area contributed by atoms with Crippen LogP contribution < -0.4 is 0 Å². The van der Waals surface area contributed by atoms with Crippen molar-refractivity contribution in [3.63, 3.8) is 0 Å². The predicted molar refractivity (Wildman–Crippen MR) is 85.6 cm³/mol. The Morgan fingerprint density at radius 1 is 1.40 bits per heavy atom. The van der Waals surface area contributed by atoms with Crippen LogP contribution in [0.15, 0.2) is 9.85 Å². The van der Waals surface area contributed by atoms with E-state index in [4.69, 9.17) is 4.74 Å². The number of ether oxygens (including phenoxy) is 1. The Balaban J connectivity index is 1.94. The highest BCUT2D eigenvalue weighted by atomic mass is 79.9. The zero-order valence-electron chi connectivity index (χ0n) is 12.0. The van der Waals surface area contributed by atoms with Gasteiger partial charge in [-0.1, -0.05) is 0 Å². The second kappa shape index (κ2) is 7.54. The van der Waals surface area contributed by atoms with Gasteiger partial charge in [0.15, 0.2) is 0 Å². The van der Waals surface area contributed by atoms with Gasteiger partial charge in [0, 0.05) is 33.3 Å². The van der Waals surface area contributed by atoms with Gasteiger partial charge >= 0.3 is 0 Å². The lowest BCUT2D eigenvalue weighted by Gasteiger charge is -2.21. The number of carbonyl (C=O) groups is 1. The number of carbonyl (C=O) groups excluding carboxylic acids is 1. The lowest BCUT2D eigenvalue weighted by molar-refractivity contribution is 0.0764. The smallest absolute Gasteiger partial charge is 0.264 e. The van der Waals surface area contributed by atoms with Gasteiger partial charge in [0.2, 0.25) is 0 Å². The number of nitrogens with zero attached hydrogens (tertiary/aromatic N) is 2. The first-order valence-electron chi connectivity index (χ1n) is 6.88. The Morgan fingerprint density at radius 2 is 2.20 bits per heavy atom. The average Bonchev–Trinajstić information content (AvgIpc) is 2.66. The summed E-state index contributed by atoms with van der Waals surface area (Å²) < 4.78 is 6.17. The summed E-state index contributed by atoms with van der Waals surface area (Å²) >= 11 is 5.02. The summed E-state index contributed by atoms with van der Waals surface area (Å²) in [6.45, 7) is 7.34. The summed E-state index contributed by atoms with van der Waals surface area (Å²) in [5, 5.41) is 0. The minimum atomic E-state index is 0.164. The minimum Gasteiger partial charge on any atom is -0.383 e. The third-order valence-electron chi connectivity index (χ3n) is 3.56. The van der Waals surface area contributed by atoms with Crippen molar-refractivity contribution in [2.75, 3.05) is 46.4 Å². The van der Waals surface area contributed by atoms with Crippen LogP contribution in [-0.2, 0) is 4.74 Å². The normalized spacial score (nSPS) is 17.2. The molecule has 0 unspecified atom stereocenters. The standard InChI is InChI=1S/C14H21BrN2O2S/c1-11-10-12(20-13(11)15)14(18)17-5-3-4-16(6-7-17)8-9-19-2/h10H,3-9H2,1-2H3. The largest absolute Gasteiger partial charge is 0.383 e. The number of aryl methyl sites for hydroxylation is 1. The van der Waals surface area contributed by atoms with E-state index in [1.807, 2.05) is 17.9 Å². The van der Waals surface area contributed by atoms with Gasteiger partial charge in [0.25, 0.3) is 5.91 Å². The average molecular weight is 361 g/mol. The number of amides is 1. The molecule has 0 aliphatic carbocycles. The first kappa shape index (κ1) is 15.9. The van der Waals surface area contributed by atoms with E-state index in [9.17, 15) is 4.79 Å². The van der Waals surface area contributed by atoms with Crippen LogP contribution in [0.3, 0.4) is 0 Å². The molecule has 0 radical (unpaired) electrons. The van der Waals surface area contributed by atoms with E-state index in [2.05, 4.69) is 20.8 Å². The van der Waals surface area contributed by atoms with Crippen LogP contribution in [-0.4, -0.2) is 62.1 Å². The molecule has 2 heterocycles. The van der Waals surface area contributed by atoms with Crippen molar-refractivity contribution in [3.8, 4) is 0 Å². The molecule has 2 rings (SSSR count). The molecule has 4 nitrogen and oxygen atoms in total. The third kappa shape index (κ3) is 4.04. The summed E-state index contributed by atoms with van der Waals surface area (Å²) in [5.41, 5.74) is 1.13. The SMILES string of the molecule is COCCN1CCCN(C(=O)c2cc(C)c(Br)s2)CC1. The molecule has 1 saturated heterocycles. The van der Waals surface area contributed by atoms with Gasteiger partial charge in [-0.15, -0.1) is 11.3 Å². The topological polar surface area (TPSA) is 32.8 Å². The van der Waals surface area contributed by atoms with E-state index in [1.54, 1.807) is 7.11 Å². The van der Waals surface area contributed by atoms with Crippen LogP contribution in [0.2, 0.25) is 0 Å². The fraction of sp³-hybridized carbons (Fsp3) is 0.643. The fourth-order valence-electron chi connectivity index (χ4n) is 2.34. The second-order valence-electron chi connectivity index (χ2n) is 5.05. The number of methoxy groups -OCH3 is 1. The maximum Gasteiger partial charge on any atom is 0.264 e. The van der Waals surface area contributed by atoms with Crippen LogP contribution in [0.25, 0.3) is 0 Å². The maximum absolute atomic E-state index is 12.5. The summed E-state index contributed by atoms with van der Waals surface area (Å²) in [7, 11) is 1.73. The van der Waals surface area contributed by atoms with E-state index in [0.29, 0.717) is 0 Å². The lowest BCUT2D eigenvalue weighted by Crippen LogP contribution is -2.35. The van der Waals surface area contributed by atoms with Gasteiger partial charge in [0.1, 0.15) is 0 Å². The highest BCUT2D eigenvalue weighted by Crippen LogP contribution is 2.28. The van der Waals surface area contributed by atoms with E-state index in [-0.39, 0.29) is 5.91 Å². The molecular formula is C14H21BrN2O2S. The van der Waals surface area contributed by atoms with E-state index in [0.717, 1.165) is 60.0 Å². The minimum absolute atomic E-state index is 0.164. The molecule has 6 heteroatoms. The number of rotatable bonds is 4. The molecule has 0 atom stereocenters. The summed E-state index contributed by atoms with van der Waals surface area (Å²) in [6, 6.07) is 1.98. The zero-order chi connectivity index (χ0) is 14.5. The monoisotopic (exact) mass is 360 g/mol. The zero-order valence-corrected chi connectivity index (χ0v) is 14.4. The van der Waals surface area contributed by atoms with Crippen LogP contribution in [0.5, 0.6) is 0 Å². The Morgan fingerprint density at radius 3 is 2.85 bits per heavy atom. The van der Waals surface area contributed by atoms with Crippen molar-refractivity contribution in [2.45, 2.75) is 13.3 Å². The molecule has 1 aliphatic heterocycles. The number of halogens is 1. The van der Waals surface area contributed by atoms with E-state index >= 15 is 0 Å². The number of hydrogen-bond acceptors (Lipinski definition) is 4. The molecular weight excluding hydrogens is 340 g/mol. The molecule has 0 N–H and O–H groups in total. The third-order valence-corrected chi connectivity index (χ3v) is 5.68. The number of hydrogen-bond donors (Lipinski definition) is 0. The highest BCUT2D eigenvalue weighted by molar-refractivity contribution is 9.11. The summed E-state index contributed by atoms with van der Waals surface area (Å²) in [4.78, 5) is 17.7. The molecule has 1 aromatic heterocycles. The van der Waals surface area contributed by atoms with Crippen molar-refractivity contribution in [2.24, 2.45) is 0 Å². The van der Waals surface area contributed by atoms with Gasteiger partial charge < -0.3 is 9.64 Å². The highest BCUT2D eigenvalue weighted by Gasteiger charge is 2.21. The van der Waals surface area contributed by atoms with Gasteiger partial charge in [-0.25, -0.2) is 0 Å². The molecule has 1 aliphatic rings. The van der Waals surface area contributed by atoms with Gasteiger partial charge in [-0.05, 0) is 47.4 Å². The predicted octanol–water partition coefficient (Wildman–Crippen LogP) is 2.61. The molecule has 0 bridgehead atoms. The fourth-order valence-corrected chi connectivity index (χ4v) is 3.84. The second-order valence-corrected chi connectivity index (χ2v) is 7.42. The molecule has 0 saturated carbocycles. The van der Waals surface area contributed by atoms with Crippen LogP contribution in [0.1, 0.15) is 21.7 Å². The van der Waals surface area contributed by atoms with Crippen molar-refractivity contribution in [1.82, 2.24) is 9.80 Å². The molecule has 0 spiro atoms. The van der Waals surface area contributed by atoms with Crippen molar-refractivity contribution in [3.05, 3.63) is 20.3 Å².